The lowest BCUT2D eigenvalue weighted by Crippen LogP contribution is -2.42. The lowest BCUT2D eigenvalue weighted by molar-refractivity contribution is -0.133. The molecule has 1 aromatic heterocycles. The van der Waals surface area contributed by atoms with Gasteiger partial charge in [0.1, 0.15) is 12.1 Å². The molecule has 1 saturated heterocycles. The van der Waals surface area contributed by atoms with Crippen LogP contribution in [0.1, 0.15) is 18.1 Å². The zero-order chi connectivity index (χ0) is 21.3. The first-order valence-electron chi connectivity index (χ1n) is 9.48. The molecule has 0 unspecified atom stereocenters. The van der Waals surface area contributed by atoms with Crippen LogP contribution in [-0.4, -0.2) is 39.5 Å². The third kappa shape index (κ3) is 3.43. The summed E-state index contributed by atoms with van der Waals surface area (Å²) >= 11 is 0. The van der Waals surface area contributed by atoms with Crippen molar-refractivity contribution in [3.05, 3.63) is 71.9 Å². The van der Waals surface area contributed by atoms with Gasteiger partial charge in [-0.15, -0.1) is 0 Å². The third-order valence-electron chi connectivity index (χ3n) is 5.18. The molecule has 30 heavy (non-hydrogen) atoms. The van der Waals surface area contributed by atoms with Crippen molar-refractivity contribution in [2.45, 2.75) is 19.4 Å². The first-order valence-corrected chi connectivity index (χ1v) is 9.48. The van der Waals surface area contributed by atoms with E-state index in [4.69, 9.17) is 0 Å². The summed E-state index contributed by atoms with van der Waals surface area (Å²) in [6.07, 6.45) is 1.49. The maximum Gasteiger partial charge on any atom is 0.325 e. The van der Waals surface area contributed by atoms with Gasteiger partial charge < -0.3 is 10.6 Å². The van der Waals surface area contributed by atoms with E-state index in [0.29, 0.717) is 16.9 Å². The summed E-state index contributed by atoms with van der Waals surface area (Å²) in [5.41, 5.74) is 2.47. The maximum absolute atomic E-state index is 13.0. The minimum absolute atomic E-state index is 0.397. The van der Waals surface area contributed by atoms with Crippen molar-refractivity contribution in [3.63, 3.8) is 0 Å². The van der Waals surface area contributed by atoms with Crippen molar-refractivity contribution in [1.82, 2.24) is 20.4 Å². The first-order chi connectivity index (χ1) is 14.4. The molecule has 2 heterocycles. The zero-order valence-electron chi connectivity index (χ0n) is 16.6. The predicted molar refractivity (Wildman–Crippen MR) is 111 cm³/mol. The van der Waals surface area contributed by atoms with Crippen LogP contribution < -0.4 is 10.6 Å². The third-order valence-corrected chi connectivity index (χ3v) is 5.18. The van der Waals surface area contributed by atoms with E-state index in [1.165, 1.54) is 6.20 Å². The standard InChI is InChI=1S/C22H21N5O3/c1-14-8-10-16(11-9-14)22(2)20(29)27(21(30)25-22)13-18(28)24-17-12-23-26-19(17)15-6-4-3-5-7-15/h3-12H,13H2,1-2H3,(H,23,26)(H,24,28)(H,25,30)/t22-/m1/s1. The number of hydrogen-bond acceptors (Lipinski definition) is 4. The Balaban J connectivity index is 1.49. The van der Waals surface area contributed by atoms with Crippen molar-refractivity contribution in [1.29, 1.82) is 0 Å². The van der Waals surface area contributed by atoms with Gasteiger partial charge in [-0.1, -0.05) is 60.2 Å². The van der Waals surface area contributed by atoms with Crippen molar-refractivity contribution in [2.75, 3.05) is 11.9 Å². The molecule has 1 atom stereocenters. The summed E-state index contributed by atoms with van der Waals surface area (Å²) in [6.45, 7) is 3.18. The minimum Gasteiger partial charge on any atom is -0.321 e. The number of benzene rings is 2. The van der Waals surface area contributed by atoms with Gasteiger partial charge >= 0.3 is 6.03 Å². The van der Waals surface area contributed by atoms with E-state index >= 15 is 0 Å². The first kappa shape index (κ1) is 19.4. The lowest BCUT2D eigenvalue weighted by atomic mass is 9.91. The number of urea groups is 1. The second kappa shape index (κ2) is 7.47. The van der Waals surface area contributed by atoms with Gasteiger partial charge in [0.25, 0.3) is 5.91 Å². The number of rotatable bonds is 5. The Morgan fingerprint density at radius 2 is 1.80 bits per heavy atom. The minimum atomic E-state index is -1.21. The van der Waals surface area contributed by atoms with Crippen molar-refractivity contribution in [3.8, 4) is 11.3 Å². The summed E-state index contributed by atoms with van der Waals surface area (Å²) in [5, 5.41) is 12.3. The summed E-state index contributed by atoms with van der Waals surface area (Å²) in [5.74, 6) is -0.966. The Kier molecular flexibility index (Phi) is 4.83. The van der Waals surface area contributed by atoms with E-state index in [-0.39, 0.29) is 0 Å². The highest BCUT2D eigenvalue weighted by atomic mass is 16.2. The second-order valence-corrected chi connectivity index (χ2v) is 7.39. The highest BCUT2D eigenvalue weighted by Crippen LogP contribution is 2.29. The number of aryl methyl sites for hydroxylation is 1. The molecule has 3 N–H and O–H groups in total. The van der Waals surface area contributed by atoms with Gasteiger partial charge in [-0.05, 0) is 19.4 Å². The number of carbonyl (C=O) groups excluding carboxylic acids is 3. The van der Waals surface area contributed by atoms with E-state index in [1.54, 1.807) is 19.1 Å². The van der Waals surface area contributed by atoms with Gasteiger partial charge in [0, 0.05) is 5.56 Å². The number of H-pyrrole nitrogens is 1. The topological polar surface area (TPSA) is 107 Å². The Morgan fingerprint density at radius 1 is 1.10 bits per heavy atom. The van der Waals surface area contributed by atoms with E-state index in [9.17, 15) is 14.4 Å². The zero-order valence-corrected chi connectivity index (χ0v) is 16.6. The molecule has 0 aliphatic carbocycles. The Bertz CT molecular complexity index is 1110. The molecule has 0 spiro atoms. The number of nitrogens with one attached hydrogen (secondary N) is 3. The fourth-order valence-electron chi connectivity index (χ4n) is 3.46. The highest BCUT2D eigenvalue weighted by molar-refractivity contribution is 6.10. The molecular formula is C22H21N5O3. The van der Waals surface area contributed by atoms with Crippen LogP contribution in [-0.2, 0) is 15.1 Å². The number of nitrogens with zero attached hydrogens (tertiary/aromatic N) is 2. The van der Waals surface area contributed by atoms with Crippen LogP contribution in [0.25, 0.3) is 11.3 Å². The number of aromatic nitrogens is 2. The van der Waals surface area contributed by atoms with Gasteiger partial charge in [-0.3, -0.25) is 19.6 Å². The average Bonchev–Trinajstić information content (AvgIpc) is 3.28. The highest BCUT2D eigenvalue weighted by Gasteiger charge is 2.49. The quantitative estimate of drug-likeness (QED) is 0.570. The number of anilines is 1. The largest absolute Gasteiger partial charge is 0.325 e. The second-order valence-electron chi connectivity index (χ2n) is 7.39. The van der Waals surface area contributed by atoms with Gasteiger partial charge in [0.15, 0.2) is 0 Å². The molecule has 0 bridgehead atoms. The SMILES string of the molecule is Cc1ccc([C@@]2(C)NC(=O)N(CC(=O)Nc3cn[nH]c3-c3ccccc3)C2=O)cc1. The number of aromatic amines is 1. The predicted octanol–water partition coefficient (Wildman–Crippen LogP) is 2.79. The van der Waals surface area contributed by atoms with Gasteiger partial charge in [-0.25, -0.2) is 4.79 Å². The molecular weight excluding hydrogens is 382 g/mol. The van der Waals surface area contributed by atoms with Crippen LogP contribution in [0.5, 0.6) is 0 Å². The molecule has 3 aromatic rings. The van der Waals surface area contributed by atoms with Gasteiger partial charge in [0.05, 0.1) is 17.6 Å². The van der Waals surface area contributed by atoms with Crippen LogP contribution >= 0.6 is 0 Å². The van der Waals surface area contributed by atoms with Crippen LogP contribution in [0, 0.1) is 6.92 Å². The summed E-state index contributed by atoms with van der Waals surface area (Å²) in [4.78, 5) is 39.0. The molecule has 1 fully saturated rings. The maximum atomic E-state index is 13.0. The fraction of sp³-hybridized carbons (Fsp3) is 0.182. The molecule has 0 saturated carbocycles. The molecule has 152 valence electrons. The lowest BCUT2D eigenvalue weighted by Gasteiger charge is -2.22. The van der Waals surface area contributed by atoms with Crippen molar-refractivity contribution in [2.24, 2.45) is 0 Å². The summed E-state index contributed by atoms with van der Waals surface area (Å²) in [6, 6.07) is 16.2. The molecule has 4 amide bonds. The van der Waals surface area contributed by atoms with Crippen LogP contribution in [0.4, 0.5) is 10.5 Å². The molecule has 0 radical (unpaired) electrons. The van der Waals surface area contributed by atoms with E-state index in [2.05, 4.69) is 20.8 Å². The Hall–Kier alpha value is -3.94. The van der Waals surface area contributed by atoms with E-state index in [0.717, 1.165) is 16.0 Å². The molecule has 8 nitrogen and oxygen atoms in total. The van der Waals surface area contributed by atoms with E-state index in [1.807, 2.05) is 49.4 Å². The van der Waals surface area contributed by atoms with E-state index < -0.39 is 29.9 Å². The summed E-state index contributed by atoms with van der Waals surface area (Å²) < 4.78 is 0. The fourth-order valence-corrected chi connectivity index (χ4v) is 3.46. The van der Waals surface area contributed by atoms with Crippen LogP contribution in [0.15, 0.2) is 60.8 Å². The average molecular weight is 403 g/mol. The Labute approximate surface area is 173 Å². The van der Waals surface area contributed by atoms with Crippen molar-refractivity contribution >= 4 is 23.5 Å². The van der Waals surface area contributed by atoms with Gasteiger partial charge in [0.2, 0.25) is 5.91 Å². The number of hydrogen-bond donors (Lipinski definition) is 3. The number of imide groups is 1. The van der Waals surface area contributed by atoms with Crippen LogP contribution in [0.3, 0.4) is 0 Å². The molecule has 8 heteroatoms. The van der Waals surface area contributed by atoms with Crippen molar-refractivity contribution < 1.29 is 14.4 Å². The van der Waals surface area contributed by atoms with Gasteiger partial charge in [-0.2, -0.15) is 5.10 Å². The molecule has 1 aliphatic rings. The number of carbonyl (C=O) groups is 3. The molecule has 2 aromatic carbocycles. The monoisotopic (exact) mass is 403 g/mol. The molecule has 4 rings (SSSR count). The smallest absolute Gasteiger partial charge is 0.321 e. The summed E-state index contributed by atoms with van der Waals surface area (Å²) in [7, 11) is 0. The normalized spacial score (nSPS) is 18.4. The van der Waals surface area contributed by atoms with Crippen LogP contribution in [0.2, 0.25) is 0 Å². The molecule has 1 aliphatic heterocycles. The number of amides is 4. The Morgan fingerprint density at radius 3 is 2.50 bits per heavy atom.